The Morgan fingerprint density at radius 1 is 1.50 bits per heavy atom. The molecular weight excluding hydrogens is 103 g/mol. The molecule has 0 aromatic carbocycles. The molecule has 1 aliphatic carbocycles. The molecule has 1 heteroatoms. The molecule has 2 atom stereocenters. The van der Waals surface area contributed by atoms with Gasteiger partial charge in [-0.25, -0.2) is 4.39 Å². The van der Waals surface area contributed by atoms with Crippen molar-refractivity contribution in [1.82, 2.24) is 0 Å². The van der Waals surface area contributed by atoms with E-state index in [0.717, 1.165) is 6.42 Å². The zero-order valence-corrected chi connectivity index (χ0v) is 5.74. The summed E-state index contributed by atoms with van der Waals surface area (Å²) in [5, 5.41) is 0. The molecule has 0 aromatic heterocycles. The van der Waals surface area contributed by atoms with Gasteiger partial charge < -0.3 is 0 Å². The van der Waals surface area contributed by atoms with Gasteiger partial charge in [-0.05, 0) is 17.8 Å². The topological polar surface area (TPSA) is 0 Å². The van der Waals surface area contributed by atoms with Gasteiger partial charge >= 0.3 is 0 Å². The highest BCUT2D eigenvalue weighted by molar-refractivity contribution is 4.93. The first kappa shape index (κ1) is 6.06. The Kier molecular flexibility index (Phi) is 1.10. The van der Waals surface area contributed by atoms with Crippen LogP contribution in [0.3, 0.4) is 0 Å². The van der Waals surface area contributed by atoms with Crippen LogP contribution in [0.2, 0.25) is 0 Å². The van der Waals surface area contributed by atoms with Crippen molar-refractivity contribution in [1.29, 1.82) is 0 Å². The minimum atomic E-state index is -0.553. The van der Waals surface area contributed by atoms with Crippen molar-refractivity contribution >= 4 is 0 Å². The molecule has 0 saturated heterocycles. The molecule has 0 aliphatic heterocycles. The Labute approximate surface area is 50.1 Å². The smallest absolute Gasteiger partial charge is 0.108 e. The SMILES string of the molecule is CC1CC(C)(C)C1F. The van der Waals surface area contributed by atoms with E-state index in [4.69, 9.17) is 0 Å². The summed E-state index contributed by atoms with van der Waals surface area (Å²) in [5.41, 5.74) is -0.0145. The Morgan fingerprint density at radius 3 is 2.00 bits per heavy atom. The lowest BCUT2D eigenvalue weighted by Crippen LogP contribution is -2.44. The van der Waals surface area contributed by atoms with Crippen molar-refractivity contribution in [3.63, 3.8) is 0 Å². The maximum absolute atomic E-state index is 12.7. The van der Waals surface area contributed by atoms with Gasteiger partial charge in [-0.3, -0.25) is 0 Å². The Morgan fingerprint density at radius 2 is 2.00 bits per heavy atom. The minimum Gasteiger partial charge on any atom is -0.247 e. The number of halogens is 1. The molecule has 0 radical (unpaired) electrons. The van der Waals surface area contributed by atoms with E-state index in [9.17, 15) is 4.39 Å². The fourth-order valence-corrected chi connectivity index (χ4v) is 1.66. The van der Waals surface area contributed by atoms with Crippen molar-refractivity contribution in [2.75, 3.05) is 0 Å². The van der Waals surface area contributed by atoms with Crippen LogP contribution in [0, 0.1) is 11.3 Å². The van der Waals surface area contributed by atoms with E-state index >= 15 is 0 Å². The molecular formula is C7H13F. The second-order valence-electron chi connectivity index (χ2n) is 3.57. The van der Waals surface area contributed by atoms with E-state index < -0.39 is 6.17 Å². The van der Waals surface area contributed by atoms with Crippen LogP contribution >= 0.6 is 0 Å². The van der Waals surface area contributed by atoms with E-state index in [2.05, 4.69) is 0 Å². The Hall–Kier alpha value is -0.0700. The molecule has 0 nitrogen and oxygen atoms in total. The zero-order chi connectivity index (χ0) is 6.36. The fraction of sp³-hybridized carbons (Fsp3) is 1.00. The summed E-state index contributed by atoms with van der Waals surface area (Å²) in [6.07, 6.45) is 0.497. The lowest BCUT2D eigenvalue weighted by atomic mass is 9.63. The van der Waals surface area contributed by atoms with E-state index in [1.165, 1.54) is 0 Å². The van der Waals surface area contributed by atoms with E-state index in [1.54, 1.807) is 0 Å². The summed E-state index contributed by atoms with van der Waals surface area (Å²) in [4.78, 5) is 0. The van der Waals surface area contributed by atoms with Crippen molar-refractivity contribution in [2.24, 2.45) is 11.3 Å². The standard InChI is InChI=1S/C7H13F/c1-5-4-7(2,3)6(5)8/h5-6H,4H2,1-3H3. The highest BCUT2D eigenvalue weighted by Crippen LogP contribution is 2.46. The van der Waals surface area contributed by atoms with Gasteiger partial charge in [0.2, 0.25) is 0 Å². The number of hydrogen-bond donors (Lipinski definition) is 0. The highest BCUT2D eigenvalue weighted by Gasteiger charge is 2.44. The van der Waals surface area contributed by atoms with Crippen molar-refractivity contribution in [3.8, 4) is 0 Å². The molecule has 0 amide bonds. The van der Waals surface area contributed by atoms with Crippen LogP contribution in [-0.2, 0) is 0 Å². The van der Waals surface area contributed by atoms with Crippen LogP contribution < -0.4 is 0 Å². The molecule has 2 unspecified atom stereocenters. The summed E-state index contributed by atoms with van der Waals surface area (Å²) < 4.78 is 12.7. The Balaban J connectivity index is 2.47. The molecule has 1 rings (SSSR count). The summed E-state index contributed by atoms with van der Waals surface area (Å²) in [5.74, 6) is 0.310. The first-order chi connectivity index (χ1) is 3.54. The number of alkyl halides is 1. The third kappa shape index (κ3) is 0.647. The largest absolute Gasteiger partial charge is 0.247 e. The van der Waals surface area contributed by atoms with E-state index in [0.29, 0.717) is 5.92 Å². The molecule has 0 heterocycles. The monoisotopic (exact) mass is 116 g/mol. The average Bonchev–Trinajstić information content (AvgIpc) is 1.65. The molecule has 1 fully saturated rings. The molecule has 0 spiro atoms. The third-order valence-electron chi connectivity index (χ3n) is 2.09. The molecule has 1 saturated carbocycles. The van der Waals surface area contributed by atoms with Gasteiger partial charge in [0.15, 0.2) is 0 Å². The summed E-state index contributed by atoms with van der Waals surface area (Å²) >= 11 is 0. The molecule has 0 aromatic rings. The second-order valence-corrected chi connectivity index (χ2v) is 3.57. The predicted molar refractivity (Wildman–Crippen MR) is 32.5 cm³/mol. The third-order valence-corrected chi connectivity index (χ3v) is 2.09. The second kappa shape index (κ2) is 1.46. The predicted octanol–water partition coefficient (Wildman–Crippen LogP) is 2.39. The van der Waals surface area contributed by atoms with Crippen LogP contribution in [0.4, 0.5) is 4.39 Å². The molecule has 1 aliphatic rings. The number of rotatable bonds is 0. The Bertz CT molecular complexity index is 96.6. The molecule has 0 N–H and O–H groups in total. The summed E-state index contributed by atoms with van der Waals surface area (Å²) in [6, 6.07) is 0. The first-order valence-corrected chi connectivity index (χ1v) is 3.18. The minimum absolute atomic E-state index is 0.0145. The molecule has 48 valence electrons. The van der Waals surface area contributed by atoms with Crippen LogP contribution in [-0.4, -0.2) is 6.17 Å². The summed E-state index contributed by atoms with van der Waals surface area (Å²) in [7, 11) is 0. The van der Waals surface area contributed by atoms with E-state index in [-0.39, 0.29) is 5.41 Å². The highest BCUT2D eigenvalue weighted by atomic mass is 19.1. The maximum Gasteiger partial charge on any atom is 0.108 e. The van der Waals surface area contributed by atoms with Gasteiger partial charge in [-0.1, -0.05) is 20.8 Å². The molecule has 0 bridgehead atoms. The average molecular weight is 116 g/mol. The van der Waals surface area contributed by atoms with Crippen LogP contribution in [0.25, 0.3) is 0 Å². The van der Waals surface area contributed by atoms with Gasteiger partial charge in [0, 0.05) is 0 Å². The normalized spacial score (nSPS) is 43.5. The molecule has 8 heavy (non-hydrogen) atoms. The van der Waals surface area contributed by atoms with Gasteiger partial charge in [0.05, 0.1) is 0 Å². The van der Waals surface area contributed by atoms with Crippen LogP contribution in [0.1, 0.15) is 27.2 Å². The lowest BCUT2D eigenvalue weighted by molar-refractivity contribution is -0.0295. The van der Waals surface area contributed by atoms with Gasteiger partial charge in [-0.15, -0.1) is 0 Å². The maximum atomic E-state index is 12.7. The zero-order valence-electron chi connectivity index (χ0n) is 5.74. The fourth-order valence-electron chi connectivity index (χ4n) is 1.66. The van der Waals surface area contributed by atoms with Crippen molar-refractivity contribution in [3.05, 3.63) is 0 Å². The van der Waals surface area contributed by atoms with Gasteiger partial charge in [0.25, 0.3) is 0 Å². The van der Waals surface area contributed by atoms with Crippen molar-refractivity contribution in [2.45, 2.75) is 33.4 Å². The first-order valence-electron chi connectivity index (χ1n) is 3.18. The lowest BCUT2D eigenvalue weighted by Gasteiger charge is -2.44. The van der Waals surface area contributed by atoms with Gasteiger partial charge in [-0.2, -0.15) is 0 Å². The quantitative estimate of drug-likeness (QED) is 0.456. The van der Waals surface area contributed by atoms with Crippen LogP contribution in [0.15, 0.2) is 0 Å². The summed E-state index contributed by atoms with van der Waals surface area (Å²) in [6.45, 7) is 5.94. The van der Waals surface area contributed by atoms with E-state index in [1.807, 2.05) is 20.8 Å². The van der Waals surface area contributed by atoms with Gasteiger partial charge in [0.1, 0.15) is 6.17 Å². The van der Waals surface area contributed by atoms with Crippen LogP contribution in [0.5, 0.6) is 0 Å². The number of hydrogen-bond acceptors (Lipinski definition) is 0. The van der Waals surface area contributed by atoms with Crippen molar-refractivity contribution < 1.29 is 4.39 Å².